The summed E-state index contributed by atoms with van der Waals surface area (Å²) in [6.45, 7) is 12.5. The fraction of sp³-hybridized carbons (Fsp3) is 0.836. The Labute approximate surface area is 440 Å². The van der Waals surface area contributed by atoms with Gasteiger partial charge < -0.3 is 82.0 Å². The maximum Gasteiger partial charge on any atom is 0.339 e. The number of ketones is 1. The van der Waals surface area contributed by atoms with E-state index >= 15 is 0 Å². The van der Waals surface area contributed by atoms with Crippen molar-refractivity contribution in [3.63, 3.8) is 0 Å². The molecule has 4 saturated heterocycles. The lowest BCUT2D eigenvalue weighted by Crippen LogP contribution is -2.78. The standard InChI is InChI=1S/C55H83NO19/c1-28-46(58)36(63-8)22-43(67-28)73-48-30(3)69-45(24-38(48)65-10)75-49-31(4)70-44(25-39(49)66-11)74-47-29(2)68-42(23-37(47)64-9)71-35-15-16-51(6)34(21-35)14-17-54(61)40(51)26-41(72-50(59)33-13-12-20-56-27-33)52(7)53(60,32(5)57)18-19-55(52,54)62/h12-14,20,27-31,35-49,58,60-62H,15-19,21-26H2,1-11H3/t28-,29+,30+,31+,35-,36+,37-,38+,39-,40+,41+,42-,43-,44-,45-,46-,47+,48+,49+,51-,52+,53+,54-,55+/m0/s1. The topological polar surface area (TPSA) is 248 Å². The van der Waals surface area contributed by atoms with Crippen LogP contribution in [0.25, 0.3) is 0 Å². The van der Waals surface area contributed by atoms with Crippen LogP contribution in [0.15, 0.2) is 36.2 Å². The zero-order chi connectivity index (χ0) is 54.0. The number of rotatable bonds is 15. The smallest absolute Gasteiger partial charge is 0.339 e. The molecule has 4 aliphatic heterocycles. The molecule has 5 heterocycles. The molecule has 4 N–H and O–H groups in total. The average Bonchev–Trinajstić information content (AvgIpc) is 3.62. The van der Waals surface area contributed by atoms with Crippen molar-refractivity contribution in [3.8, 4) is 0 Å². The van der Waals surface area contributed by atoms with Gasteiger partial charge in [-0.15, -0.1) is 0 Å². The molecular weight excluding hydrogens is 979 g/mol. The van der Waals surface area contributed by atoms with Crippen molar-refractivity contribution in [3.05, 3.63) is 41.7 Å². The number of hydrogen-bond donors (Lipinski definition) is 4. The van der Waals surface area contributed by atoms with Gasteiger partial charge in [-0.2, -0.15) is 0 Å². The fourth-order valence-corrected chi connectivity index (χ4v) is 14.8. The Balaban J connectivity index is 0.810. The van der Waals surface area contributed by atoms with Crippen LogP contribution in [-0.4, -0.2) is 193 Å². The second-order valence-corrected chi connectivity index (χ2v) is 23.1. The summed E-state index contributed by atoms with van der Waals surface area (Å²) in [4.78, 5) is 31.1. The van der Waals surface area contributed by atoms with Gasteiger partial charge in [-0.3, -0.25) is 9.78 Å². The summed E-state index contributed by atoms with van der Waals surface area (Å²) in [5.41, 5.74) is -6.88. The molecular formula is C55H83NO19. The lowest BCUT2D eigenvalue weighted by Gasteiger charge is -2.67. The molecule has 0 unspecified atom stereocenters. The molecule has 8 aliphatic rings. The highest BCUT2D eigenvalue weighted by atomic mass is 16.8. The molecule has 1 aromatic heterocycles. The summed E-state index contributed by atoms with van der Waals surface area (Å²) in [5.74, 6) is -1.84. The van der Waals surface area contributed by atoms with Crippen LogP contribution in [0.3, 0.4) is 0 Å². The number of hydrogen-bond acceptors (Lipinski definition) is 20. The van der Waals surface area contributed by atoms with E-state index in [-0.39, 0.29) is 43.5 Å². The number of nitrogens with zero attached hydrogens (tertiary/aromatic N) is 1. The van der Waals surface area contributed by atoms with Crippen LogP contribution in [-0.2, 0) is 66.4 Å². The van der Waals surface area contributed by atoms with Gasteiger partial charge in [-0.05, 0) is 104 Å². The number of aromatic nitrogens is 1. The minimum absolute atomic E-state index is 0.0562. The van der Waals surface area contributed by atoms with E-state index in [4.69, 9.17) is 61.6 Å². The average molecular weight is 1060 g/mol. The molecule has 7 fully saturated rings. The Hall–Kier alpha value is -2.61. The van der Waals surface area contributed by atoms with Gasteiger partial charge in [0, 0.05) is 72.4 Å². The fourth-order valence-electron chi connectivity index (χ4n) is 14.8. The van der Waals surface area contributed by atoms with Crippen molar-refractivity contribution in [1.29, 1.82) is 0 Å². The summed E-state index contributed by atoms with van der Waals surface area (Å²) in [5, 5.41) is 48.5. The van der Waals surface area contributed by atoms with Gasteiger partial charge in [0.2, 0.25) is 0 Å². The van der Waals surface area contributed by atoms with Crippen LogP contribution >= 0.6 is 0 Å². The van der Waals surface area contributed by atoms with Crippen LogP contribution < -0.4 is 0 Å². The molecule has 3 saturated carbocycles. The third-order valence-corrected chi connectivity index (χ3v) is 19.3. The predicted octanol–water partition coefficient (Wildman–Crippen LogP) is 4.23. The highest BCUT2D eigenvalue weighted by Gasteiger charge is 2.81. The van der Waals surface area contributed by atoms with Gasteiger partial charge in [-0.25, -0.2) is 4.79 Å². The Morgan fingerprint density at radius 1 is 0.680 bits per heavy atom. The molecule has 1 aromatic rings. The number of pyridine rings is 1. The van der Waals surface area contributed by atoms with Crippen LogP contribution in [0.2, 0.25) is 0 Å². The van der Waals surface area contributed by atoms with Crippen molar-refractivity contribution >= 4 is 11.8 Å². The van der Waals surface area contributed by atoms with Gasteiger partial charge in [0.1, 0.15) is 47.3 Å². The summed E-state index contributed by atoms with van der Waals surface area (Å²) >= 11 is 0. The summed E-state index contributed by atoms with van der Waals surface area (Å²) < 4.78 is 81.5. The Morgan fingerprint density at radius 3 is 1.68 bits per heavy atom. The van der Waals surface area contributed by atoms with Crippen LogP contribution in [0.5, 0.6) is 0 Å². The number of ether oxygens (including phenoxy) is 13. The van der Waals surface area contributed by atoms with Gasteiger partial charge in [-0.1, -0.05) is 18.6 Å². The van der Waals surface area contributed by atoms with E-state index in [1.165, 1.54) is 13.1 Å². The van der Waals surface area contributed by atoms with Gasteiger partial charge in [0.25, 0.3) is 0 Å². The molecule has 0 radical (unpaired) electrons. The number of aliphatic hydroxyl groups is 4. The van der Waals surface area contributed by atoms with Crippen molar-refractivity contribution < 1.29 is 91.6 Å². The van der Waals surface area contributed by atoms with E-state index in [0.29, 0.717) is 44.9 Å². The van der Waals surface area contributed by atoms with E-state index in [9.17, 15) is 30.0 Å². The number of carbonyl (C=O) groups is 2. The highest BCUT2D eigenvalue weighted by molar-refractivity contribution is 5.90. The van der Waals surface area contributed by atoms with Crippen molar-refractivity contribution in [2.45, 2.75) is 247 Å². The maximum absolute atomic E-state index is 13.7. The SMILES string of the molecule is CO[C@H]1C[C@H](O[C@H]2CC[C@@]3(C)C(=CC[C@]4(O)[C@@H]3C[C@@H](OC(=O)c3cccnc3)[C@@]3(C)[C@]4(O)CC[C@@]3(O)C(C)=O)C2)O[C@H](C)[C@H]1O[C@H]1C[C@H](OC)[C@H](O[C@H]2C[C@@H](OC)[C@H](O[C@H]3C[C@@H](OC)[C@@H](O)[C@H](C)O3)[C@@H](C)O2)[C@@H](C)O1. The largest absolute Gasteiger partial charge is 0.458 e. The molecule has 75 heavy (non-hydrogen) atoms. The van der Waals surface area contributed by atoms with Crippen LogP contribution in [0.4, 0.5) is 0 Å². The van der Waals surface area contributed by atoms with Gasteiger partial charge >= 0.3 is 5.97 Å². The molecule has 0 bridgehead atoms. The number of Topliss-reactive ketones (excluding diaryl/α,β-unsaturated/α-hetero) is 1. The maximum atomic E-state index is 13.7. The highest BCUT2D eigenvalue weighted by Crippen LogP contribution is 2.71. The zero-order valence-corrected chi connectivity index (χ0v) is 45.5. The van der Waals surface area contributed by atoms with Crippen LogP contribution in [0.1, 0.15) is 129 Å². The van der Waals surface area contributed by atoms with Crippen LogP contribution in [0, 0.1) is 16.7 Å². The molecule has 0 amide bonds. The van der Waals surface area contributed by atoms with Crippen molar-refractivity contribution in [1.82, 2.24) is 4.98 Å². The Bertz CT molecular complexity index is 2190. The summed E-state index contributed by atoms with van der Waals surface area (Å²) in [7, 11) is 6.48. The van der Waals surface area contributed by atoms with Crippen molar-refractivity contribution in [2.24, 2.45) is 16.7 Å². The van der Waals surface area contributed by atoms with E-state index in [1.54, 1.807) is 60.6 Å². The first kappa shape index (κ1) is 57.1. The minimum atomic E-state index is -2.05. The molecule has 20 heteroatoms. The number of fused-ring (bicyclic) bond motifs is 5. The lowest BCUT2D eigenvalue weighted by atomic mass is 9.42. The van der Waals surface area contributed by atoms with E-state index in [1.807, 2.05) is 26.8 Å². The molecule has 24 atom stereocenters. The number of esters is 1. The second kappa shape index (κ2) is 22.1. The first-order valence-corrected chi connectivity index (χ1v) is 27.1. The molecule has 0 spiro atoms. The summed E-state index contributed by atoms with van der Waals surface area (Å²) in [6.07, 6.45) is -1.30. The Morgan fingerprint density at radius 2 is 1.19 bits per heavy atom. The molecule has 0 aromatic carbocycles. The second-order valence-electron chi connectivity index (χ2n) is 23.1. The van der Waals surface area contributed by atoms with Crippen molar-refractivity contribution in [2.75, 3.05) is 28.4 Å². The minimum Gasteiger partial charge on any atom is -0.458 e. The predicted molar refractivity (Wildman–Crippen MR) is 264 cm³/mol. The third-order valence-electron chi connectivity index (χ3n) is 19.3. The van der Waals surface area contributed by atoms with E-state index in [0.717, 1.165) is 5.57 Å². The zero-order valence-electron chi connectivity index (χ0n) is 45.5. The monoisotopic (exact) mass is 1060 g/mol. The normalized spacial score (nSPS) is 48.9. The molecule has 4 aliphatic carbocycles. The van der Waals surface area contributed by atoms with E-state index in [2.05, 4.69) is 11.9 Å². The summed E-state index contributed by atoms with van der Waals surface area (Å²) in [6, 6.07) is 3.19. The van der Waals surface area contributed by atoms with Gasteiger partial charge in [0.15, 0.2) is 30.9 Å². The first-order valence-electron chi connectivity index (χ1n) is 27.1. The number of carbonyl (C=O) groups excluding carboxylic acids is 2. The van der Waals surface area contributed by atoms with Gasteiger partial charge in [0.05, 0.1) is 65.9 Å². The van der Waals surface area contributed by atoms with E-state index < -0.39 is 144 Å². The number of methoxy groups -OCH3 is 4. The Kier molecular flexibility index (Phi) is 16.9. The lowest BCUT2D eigenvalue weighted by molar-refractivity contribution is -0.347. The first-order chi connectivity index (χ1) is 35.6. The third kappa shape index (κ3) is 10.0. The molecule has 422 valence electrons. The number of aliphatic hydroxyl groups excluding tert-OH is 1. The molecule has 20 nitrogen and oxygen atoms in total. The quantitative estimate of drug-likeness (QED) is 0.142. The molecule has 9 rings (SSSR count).